The van der Waals surface area contributed by atoms with E-state index in [0.29, 0.717) is 18.3 Å². The van der Waals surface area contributed by atoms with Crippen molar-refractivity contribution in [1.82, 2.24) is 9.03 Å². The lowest BCUT2D eigenvalue weighted by molar-refractivity contribution is 0.0973. The van der Waals surface area contributed by atoms with Gasteiger partial charge in [0.05, 0.1) is 12.2 Å². The Morgan fingerprint density at radius 1 is 1.29 bits per heavy atom. The molecule has 3 fully saturated rings. The Bertz CT molecular complexity index is 729. The highest BCUT2D eigenvalue weighted by molar-refractivity contribution is 7.95. The van der Waals surface area contributed by atoms with Gasteiger partial charge in [0, 0.05) is 36.7 Å². The Morgan fingerprint density at radius 3 is 2.64 bits per heavy atom. The summed E-state index contributed by atoms with van der Waals surface area (Å²) in [4.78, 5) is 12.4. The fourth-order valence-corrected chi connectivity index (χ4v) is 4.80. The number of nitrogens with one attached hydrogen (secondary N) is 1. The van der Waals surface area contributed by atoms with Crippen molar-refractivity contribution in [2.75, 3.05) is 19.7 Å². The van der Waals surface area contributed by atoms with Crippen molar-refractivity contribution in [2.45, 2.75) is 64.0 Å². The van der Waals surface area contributed by atoms with Gasteiger partial charge in [-0.15, -0.1) is 0 Å². The monoisotopic (exact) mass is 410 g/mol. The van der Waals surface area contributed by atoms with Crippen molar-refractivity contribution in [3.05, 3.63) is 29.1 Å². The van der Waals surface area contributed by atoms with Crippen molar-refractivity contribution in [1.29, 1.82) is 0 Å². The molecular formula is C21H28F2N2O2S. The topological polar surface area (TPSA) is 41.6 Å². The Hall–Kier alpha value is -1.34. The molecule has 1 aliphatic heterocycles. The van der Waals surface area contributed by atoms with E-state index < -0.39 is 17.9 Å². The van der Waals surface area contributed by atoms with E-state index in [4.69, 9.17) is 4.74 Å². The smallest absolute Gasteiger partial charge is 0.265 e. The summed E-state index contributed by atoms with van der Waals surface area (Å²) >= 11 is 1.04. The lowest BCUT2D eigenvalue weighted by Crippen LogP contribution is -2.45. The molecule has 154 valence electrons. The normalized spacial score (nSPS) is 22.5. The molecule has 0 unspecified atom stereocenters. The van der Waals surface area contributed by atoms with Gasteiger partial charge in [0.1, 0.15) is 17.7 Å². The number of nitrogens with zero attached hydrogens (tertiary/aromatic N) is 1. The zero-order chi connectivity index (χ0) is 19.7. The first kappa shape index (κ1) is 20.0. The minimum Gasteiger partial charge on any atom is -0.493 e. The molecule has 4 nitrogen and oxygen atoms in total. The summed E-state index contributed by atoms with van der Waals surface area (Å²) in [6, 6.07) is 3.02. The number of carbonyl (C=O) groups is 1. The molecule has 1 saturated heterocycles. The van der Waals surface area contributed by atoms with E-state index in [9.17, 15) is 13.6 Å². The number of hydrogen-bond acceptors (Lipinski definition) is 4. The number of carbonyl (C=O) groups excluding carboxylic acids is 1. The van der Waals surface area contributed by atoms with E-state index in [1.165, 1.54) is 25.3 Å². The van der Waals surface area contributed by atoms with E-state index >= 15 is 0 Å². The number of hydrogen-bond donors (Lipinski definition) is 1. The zero-order valence-corrected chi connectivity index (χ0v) is 17.1. The molecule has 1 heterocycles. The summed E-state index contributed by atoms with van der Waals surface area (Å²) < 4.78 is 38.0. The molecule has 0 spiro atoms. The van der Waals surface area contributed by atoms with Gasteiger partial charge in [0.25, 0.3) is 5.91 Å². The summed E-state index contributed by atoms with van der Waals surface area (Å²) in [5.74, 6) is -0.133. The number of benzene rings is 1. The highest BCUT2D eigenvalue weighted by Gasteiger charge is 2.32. The van der Waals surface area contributed by atoms with Crippen LogP contribution in [-0.2, 0) is 0 Å². The molecular weight excluding hydrogens is 382 g/mol. The molecule has 1 N–H and O–H groups in total. The third kappa shape index (κ3) is 4.62. The maximum absolute atomic E-state index is 14.7. The second-order valence-corrected chi connectivity index (χ2v) is 9.67. The van der Waals surface area contributed by atoms with Gasteiger partial charge >= 0.3 is 0 Å². The summed E-state index contributed by atoms with van der Waals surface area (Å²) in [6.07, 6.45) is 7.25. The van der Waals surface area contributed by atoms with Crippen LogP contribution < -0.4 is 9.46 Å². The summed E-state index contributed by atoms with van der Waals surface area (Å²) in [7, 11) is 0. The van der Waals surface area contributed by atoms with Gasteiger partial charge in [-0.05, 0) is 43.2 Å². The second kappa shape index (κ2) is 8.19. The Balaban J connectivity index is 1.44. The summed E-state index contributed by atoms with van der Waals surface area (Å²) in [5.41, 5.74) is 1.11. The standard InChI is InChI=1S/C21H28F2N2O2S/c1-21(7-3-2-4-8-21)13-27-19-10-18(23)17(9-16(19)14-5-6-14)20(26)24-28-25-11-15(22)12-25/h9-10,14-15H,2-8,11-13H2,1H3,(H,24,26). The Morgan fingerprint density at radius 2 is 2.00 bits per heavy atom. The number of amides is 1. The second-order valence-electron chi connectivity index (χ2n) is 8.77. The van der Waals surface area contributed by atoms with E-state index in [1.807, 2.05) is 0 Å². The first-order chi connectivity index (χ1) is 13.4. The van der Waals surface area contributed by atoms with Crippen molar-refractivity contribution < 1.29 is 18.3 Å². The molecule has 0 radical (unpaired) electrons. The molecule has 0 atom stereocenters. The molecule has 1 aromatic carbocycles. The van der Waals surface area contributed by atoms with Crippen molar-refractivity contribution in [3.63, 3.8) is 0 Å². The number of ether oxygens (including phenoxy) is 1. The molecule has 28 heavy (non-hydrogen) atoms. The van der Waals surface area contributed by atoms with E-state index in [-0.39, 0.29) is 24.1 Å². The molecule has 0 aromatic heterocycles. The van der Waals surface area contributed by atoms with E-state index in [0.717, 1.165) is 43.4 Å². The first-order valence-corrected chi connectivity index (χ1v) is 11.0. The maximum atomic E-state index is 14.7. The van der Waals surface area contributed by atoms with Crippen LogP contribution in [0, 0.1) is 11.2 Å². The Kier molecular flexibility index (Phi) is 5.83. The first-order valence-electron chi connectivity index (χ1n) is 10.3. The number of alkyl halides is 1. The van der Waals surface area contributed by atoms with Gasteiger partial charge in [-0.2, -0.15) is 0 Å². The van der Waals surface area contributed by atoms with E-state index in [1.54, 1.807) is 10.4 Å². The average Bonchev–Trinajstić information content (AvgIpc) is 3.48. The van der Waals surface area contributed by atoms with Crippen LogP contribution in [0.1, 0.15) is 73.7 Å². The number of halogens is 2. The highest BCUT2D eigenvalue weighted by Crippen LogP contribution is 2.46. The molecule has 7 heteroatoms. The molecule has 1 aromatic rings. The van der Waals surface area contributed by atoms with Gasteiger partial charge < -0.3 is 4.74 Å². The highest BCUT2D eigenvalue weighted by atomic mass is 32.2. The fourth-order valence-electron chi connectivity index (χ4n) is 4.01. The third-order valence-corrected chi connectivity index (χ3v) is 6.90. The van der Waals surface area contributed by atoms with Crippen molar-refractivity contribution in [2.24, 2.45) is 5.41 Å². The quantitative estimate of drug-likeness (QED) is 0.643. The summed E-state index contributed by atoms with van der Waals surface area (Å²) in [6.45, 7) is 3.40. The minimum atomic E-state index is -0.843. The molecule has 1 amide bonds. The molecule has 2 aliphatic carbocycles. The fraction of sp³-hybridized carbons (Fsp3) is 0.667. The summed E-state index contributed by atoms with van der Waals surface area (Å²) in [5, 5.41) is 0. The van der Waals surface area contributed by atoms with Crippen LogP contribution in [0.25, 0.3) is 0 Å². The minimum absolute atomic E-state index is 0.0305. The van der Waals surface area contributed by atoms with Gasteiger partial charge in [-0.25, -0.2) is 13.1 Å². The van der Waals surface area contributed by atoms with Gasteiger partial charge in [0.15, 0.2) is 0 Å². The molecule has 3 aliphatic rings. The predicted octanol–water partition coefficient (Wildman–Crippen LogP) is 5.00. The van der Waals surface area contributed by atoms with Gasteiger partial charge in [0.2, 0.25) is 0 Å². The van der Waals surface area contributed by atoms with Crippen LogP contribution in [0.2, 0.25) is 0 Å². The molecule has 2 saturated carbocycles. The maximum Gasteiger partial charge on any atom is 0.265 e. The number of rotatable bonds is 7. The third-order valence-electron chi connectivity index (χ3n) is 6.07. The average molecular weight is 411 g/mol. The van der Waals surface area contributed by atoms with Crippen LogP contribution in [-0.4, -0.2) is 36.1 Å². The van der Waals surface area contributed by atoms with Gasteiger partial charge in [-0.3, -0.25) is 9.52 Å². The van der Waals surface area contributed by atoms with Crippen LogP contribution >= 0.6 is 12.1 Å². The zero-order valence-electron chi connectivity index (χ0n) is 16.3. The SMILES string of the molecule is CC1(COc2cc(F)c(C(=O)NSN3CC(F)C3)cc2C2CC2)CCCCC1. The van der Waals surface area contributed by atoms with Gasteiger partial charge in [-0.1, -0.05) is 26.2 Å². The van der Waals surface area contributed by atoms with Crippen LogP contribution in [0.5, 0.6) is 5.75 Å². The van der Waals surface area contributed by atoms with Crippen molar-refractivity contribution in [3.8, 4) is 5.75 Å². The van der Waals surface area contributed by atoms with Crippen LogP contribution in [0.3, 0.4) is 0 Å². The molecule has 0 bridgehead atoms. The van der Waals surface area contributed by atoms with Crippen LogP contribution in [0.15, 0.2) is 12.1 Å². The largest absolute Gasteiger partial charge is 0.493 e. The van der Waals surface area contributed by atoms with Crippen molar-refractivity contribution >= 4 is 18.0 Å². The Labute approximate surface area is 169 Å². The van der Waals surface area contributed by atoms with Crippen LogP contribution in [0.4, 0.5) is 8.78 Å². The predicted molar refractivity (Wildman–Crippen MR) is 107 cm³/mol. The lowest BCUT2D eigenvalue weighted by Gasteiger charge is -2.33. The van der Waals surface area contributed by atoms with E-state index in [2.05, 4.69) is 11.6 Å². The molecule has 4 rings (SSSR count). The lowest BCUT2D eigenvalue weighted by atomic mass is 9.76.